The van der Waals surface area contributed by atoms with E-state index in [0.29, 0.717) is 5.56 Å². The minimum atomic E-state index is -0.188. The average molecular weight is 376 g/mol. The van der Waals surface area contributed by atoms with E-state index >= 15 is 0 Å². The molecule has 7 nitrogen and oxygen atoms in total. The molecule has 1 amide bonds. The van der Waals surface area contributed by atoms with Crippen molar-refractivity contribution in [1.29, 1.82) is 0 Å². The van der Waals surface area contributed by atoms with E-state index in [1.165, 1.54) is 11.3 Å². The van der Waals surface area contributed by atoms with Crippen LogP contribution in [0.15, 0.2) is 48.9 Å². The normalized spacial score (nSPS) is 16.4. The zero-order valence-electron chi connectivity index (χ0n) is 16.1. The molecule has 0 unspecified atom stereocenters. The highest BCUT2D eigenvalue weighted by molar-refractivity contribution is 5.99. The predicted octanol–water partition coefficient (Wildman–Crippen LogP) is 2.38. The molecule has 3 N–H and O–H groups in total. The molecule has 3 heterocycles. The number of hydrogen-bond acceptors (Lipinski definition) is 5. The minimum Gasteiger partial charge on any atom is -0.383 e. The summed E-state index contributed by atoms with van der Waals surface area (Å²) in [5.74, 6) is 0.0463. The van der Waals surface area contributed by atoms with Gasteiger partial charge in [-0.2, -0.15) is 5.10 Å². The van der Waals surface area contributed by atoms with Crippen molar-refractivity contribution < 1.29 is 4.79 Å². The first-order valence-corrected chi connectivity index (χ1v) is 9.36. The first kappa shape index (κ1) is 18.0. The van der Waals surface area contributed by atoms with Crippen molar-refractivity contribution in [3.63, 3.8) is 0 Å². The topological polar surface area (TPSA) is 89.1 Å². The first-order valence-electron chi connectivity index (χ1n) is 9.36. The number of pyridine rings is 1. The standard InChI is InChI=1S/C21H24N6O/c1-14-3-5-18(6-4-14)27-8-7-17(13-27)25-21(28)19-9-15(10-23-20(19)22)16-11-24-26(2)12-16/h3-6,9-12,17H,7-8,13H2,1-2H3,(H2,22,23)(H,25,28)/t17-/m1/s1. The fourth-order valence-corrected chi connectivity index (χ4v) is 3.52. The molecule has 1 aliphatic heterocycles. The number of carbonyl (C=O) groups is 1. The average Bonchev–Trinajstić information content (AvgIpc) is 3.32. The highest BCUT2D eigenvalue weighted by Crippen LogP contribution is 2.23. The summed E-state index contributed by atoms with van der Waals surface area (Å²) in [6.45, 7) is 3.77. The fourth-order valence-electron chi connectivity index (χ4n) is 3.52. The number of nitrogen functional groups attached to an aromatic ring is 1. The lowest BCUT2D eigenvalue weighted by Gasteiger charge is -2.19. The zero-order chi connectivity index (χ0) is 19.7. The van der Waals surface area contributed by atoms with E-state index in [-0.39, 0.29) is 17.8 Å². The van der Waals surface area contributed by atoms with Crippen molar-refractivity contribution in [3.05, 3.63) is 60.0 Å². The van der Waals surface area contributed by atoms with Gasteiger partial charge < -0.3 is 16.0 Å². The van der Waals surface area contributed by atoms with E-state index in [2.05, 4.69) is 51.5 Å². The molecule has 1 atom stereocenters. The highest BCUT2D eigenvalue weighted by atomic mass is 16.1. The number of nitrogens with zero attached hydrogens (tertiary/aromatic N) is 4. The summed E-state index contributed by atoms with van der Waals surface area (Å²) in [6, 6.07) is 10.3. The van der Waals surface area contributed by atoms with Crippen LogP contribution >= 0.6 is 0 Å². The molecule has 1 fully saturated rings. The Hall–Kier alpha value is -3.35. The Morgan fingerprint density at radius 2 is 2.00 bits per heavy atom. The van der Waals surface area contributed by atoms with E-state index < -0.39 is 0 Å². The van der Waals surface area contributed by atoms with Crippen LogP contribution in [-0.2, 0) is 7.05 Å². The monoisotopic (exact) mass is 376 g/mol. The molecule has 1 aliphatic rings. The SMILES string of the molecule is Cc1ccc(N2CC[C@@H](NC(=O)c3cc(-c4cnn(C)c4)cnc3N)C2)cc1. The van der Waals surface area contributed by atoms with E-state index in [1.54, 1.807) is 23.1 Å². The van der Waals surface area contributed by atoms with Gasteiger partial charge in [0, 0.05) is 55.4 Å². The third kappa shape index (κ3) is 3.69. The van der Waals surface area contributed by atoms with Crippen LogP contribution in [0, 0.1) is 6.92 Å². The largest absolute Gasteiger partial charge is 0.383 e. The summed E-state index contributed by atoms with van der Waals surface area (Å²) in [4.78, 5) is 19.3. The van der Waals surface area contributed by atoms with Gasteiger partial charge in [-0.15, -0.1) is 0 Å². The summed E-state index contributed by atoms with van der Waals surface area (Å²) in [7, 11) is 1.85. The number of benzene rings is 1. The van der Waals surface area contributed by atoms with Gasteiger partial charge in [-0.05, 0) is 31.5 Å². The van der Waals surface area contributed by atoms with Crippen molar-refractivity contribution in [3.8, 4) is 11.1 Å². The molecule has 28 heavy (non-hydrogen) atoms. The van der Waals surface area contributed by atoms with Crippen molar-refractivity contribution in [2.45, 2.75) is 19.4 Å². The Balaban J connectivity index is 1.46. The number of nitrogens with one attached hydrogen (secondary N) is 1. The van der Waals surface area contributed by atoms with Crippen LogP contribution in [0.25, 0.3) is 11.1 Å². The van der Waals surface area contributed by atoms with Gasteiger partial charge in [-0.3, -0.25) is 9.48 Å². The Kier molecular flexibility index (Phi) is 4.73. The van der Waals surface area contributed by atoms with Crippen molar-refractivity contribution in [2.24, 2.45) is 7.05 Å². The second-order valence-corrected chi connectivity index (χ2v) is 7.30. The summed E-state index contributed by atoms with van der Waals surface area (Å²) in [6.07, 6.45) is 6.18. The molecular formula is C21H24N6O. The van der Waals surface area contributed by atoms with Gasteiger partial charge in [-0.1, -0.05) is 17.7 Å². The van der Waals surface area contributed by atoms with Crippen molar-refractivity contribution in [1.82, 2.24) is 20.1 Å². The van der Waals surface area contributed by atoms with Crippen LogP contribution in [0.5, 0.6) is 0 Å². The smallest absolute Gasteiger partial charge is 0.255 e. The molecule has 7 heteroatoms. The maximum Gasteiger partial charge on any atom is 0.255 e. The Morgan fingerprint density at radius 3 is 2.71 bits per heavy atom. The Bertz CT molecular complexity index is 994. The van der Waals surface area contributed by atoms with Gasteiger partial charge in [0.2, 0.25) is 0 Å². The lowest BCUT2D eigenvalue weighted by Crippen LogP contribution is -2.37. The first-order chi connectivity index (χ1) is 13.5. The molecule has 0 saturated carbocycles. The molecule has 0 aliphatic carbocycles. The lowest BCUT2D eigenvalue weighted by atomic mass is 10.1. The second-order valence-electron chi connectivity index (χ2n) is 7.30. The number of aromatic nitrogens is 3. The van der Waals surface area contributed by atoms with Crippen molar-refractivity contribution >= 4 is 17.4 Å². The van der Waals surface area contributed by atoms with Crippen LogP contribution < -0.4 is 16.0 Å². The maximum atomic E-state index is 12.8. The van der Waals surface area contributed by atoms with Crippen LogP contribution in [0.3, 0.4) is 0 Å². The summed E-state index contributed by atoms with van der Waals surface area (Å²) >= 11 is 0. The molecule has 0 bridgehead atoms. The molecule has 0 spiro atoms. The van der Waals surface area contributed by atoms with Crippen LogP contribution in [0.4, 0.5) is 11.5 Å². The summed E-state index contributed by atoms with van der Waals surface area (Å²) in [5, 5.41) is 7.28. The maximum absolute atomic E-state index is 12.8. The fraction of sp³-hybridized carbons (Fsp3) is 0.286. The second kappa shape index (κ2) is 7.34. The molecule has 3 aromatic rings. The number of rotatable bonds is 4. The van der Waals surface area contributed by atoms with E-state index in [4.69, 9.17) is 5.73 Å². The van der Waals surface area contributed by atoms with Crippen molar-refractivity contribution in [2.75, 3.05) is 23.7 Å². The summed E-state index contributed by atoms with van der Waals surface area (Å²) < 4.78 is 1.71. The van der Waals surface area contributed by atoms with Gasteiger partial charge in [-0.25, -0.2) is 4.98 Å². The molecule has 0 radical (unpaired) electrons. The Morgan fingerprint density at radius 1 is 1.21 bits per heavy atom. The molecule has 144 valence electrons. The van der Waals surface area contributed by atoms with E-state index in [1.807, 2.05) is 13.2 Å². The minimum absolute atomic E-state index is 0.0789. The third-order valence-electron chi connectivity index (χ3n) is 5.12. The van der Waals surface area contributed by atoms with Crippen LogP contribution in [0.2, 0.25) is 0 Å². The van der Waals surface area contributed by atoms with E-state index in [9.17, 15) is 4.79 Å². The number of carbonyl (C=O) groups excluding carboxylic acids is 1. The molecule has 1 saturated heterocycles. The van der Waals surface area contributed by atoms with Gasteiger partial charge in [0.1, 0.15) is 5.82 Å². The van der Waals surface area contributed by atoms with Gasteiger partial charge >= 0.3 is 0 Å². The summed E-state index contributed by atoms with van der Waals surface area (Å²) in [5.41, 5.74) is 10.5. The van der Waals surface area contributed by atoms with Gasteiger partial charge in [0.25, 0.3) is 5.91 Å². The quantitative estimate of drug-likeness (QED) is 0.730. The van der Waals surface area contributed by atoms with E-state index in [0.717, 1.165) is 30.6 Å². The lowest BCUT2D eigenvalue weighted by molar-refractivity contribution is 0.0941. The van der Waals surface area contributed by atoms with Gasteiger partial charge in [0.15, 0.2) is 0 Å². The number of aryl methyl sites for hydroxylation is 2. The molecule has 1 aromatic carbocycles. The highest BCUT2D eigenvalue weighted by Gasteiger charge is 2.25. The predicted molar refractivity (Wildman–Crippen MR) is 110 cm³/mol. The third-order valence-corrected chi connectivity index (χ3v) is 5.12. The van der Waals surface area contributed by atoms with Crippen LogP contribution in [0.1, 0.15) is 22.3 Å². The number of anilines is 2. The molecular weight excluding hydrogens is 352 g/mol. The number of nitrogens with two attached hydrogens (primary N) is 1. The Labute approximate surface area is 164 Å². The number of amides is 1. The molecule has 2 aromatic heterocycles. The zero-order valence-corrected chi connectivity index (χ0v) is 16.1. The van der Waals surface area contributed by atoms with Gasteiger partial charge in [0.05, 0.1) is 11.8 Å². The number of hydrogen-bond donors (Lipinski definition) is 2. The van der Waals surface area contributed by atoms with Crippen LogP contribution in [-0.4, -0.2) is 39.8 Å². The molecule has 4 rings (SSSR count).